The first-order chi connectivity index (χ1) is 14.6. The molecule has 0 saturated carbocycles. The number of aromatic nitrogens is 1. The van der Waals surface area contributed by atoms with Crippen molar-refractivity contribution in [2.45, 2.75) is 13.5 Å². The monoisotopic (exact) mass is 422 g/mol. The summed E-state index contributed by atoms with van der Waals surface area (Å²) in [6.07, 6.45) is 5.00. The van der Waals surface area contributed by atoms with Crippen molar-refractivity contribution in [3.8, 4) is 11.5 Å². The summed E-state index contributed by atoms with van der Waals surface area (Å²) >= 11 is 6.01. The molecule has 0 atom stereocenters. The molecule has 3 rings (SSSR count). The molecule has 0 saturated heterocycles. The second-order valence-corrected chi connectivity index (χ2v) is 6.83. The number of hydrogen-bond acceptors (Lipinski definition) is 4. The first-order valence-electron chi connectivity index (χ1n) is 9.56. The molecule has 0 aliphatic rings. The van der Waals surface area contributed by atoms with E-state index in [1.165, 1.54) is 6.08 Å². The lowest BCUT2D eigenvalue weighted by Gasteiger charge is -2.21. The highest BCUT2D eigenvalue weighted by atomic mass is 35.5. The van der Waals surface area contributed by atoms with Crippen molar-refractivity contribution in [1.82, 2.24) is 4.98 Å². The molecule has 5 nitrogen and oxygen atoms in total. The molecule has 1 amide bonds. The highest BCUT2D eigenvalue weighted by molar-refractivity contribution is 6.30. The van der Waals surface area contributed by atoms with Gasteiger partial charge in [-0.2, -0.15) is 0 Å². The zero-order valence-electron chi connectivity index (χ0n) is 16.9. The van der Waals surface area contributed by atoms with Gasteiger partial charge in [0.15, 0.2) is 11.5 Å². The van der Waals surface area contributed by atoms with Crippen molar-refractivity contribution < 1.29 is 14.3 Å². The SMILES string of the molecule is CCOc1ccc(/C=C/C(=O)N(Cc2ccccn2)c2ccc(Cl)cc2)cc1OC. The summed E-state index contributed by atoms with van der Waals surface area (Å²) in [4.78, 5) is 19.0. The minimum atomic E-state index is -0.171. The summed E-state index contributed by atoms with van der Waals surface area (Å²) in [6.45, 7) is 2.81. The quantitative estimate of drug-likeness (QED) is 0.457. The Labute approximate surface area is 181 Å². The Morgan fingerprint density at radius 1 is 1.10 bits per heavy atom. The second-order valence-electron chi connectivity index (χ2n) is 6.40. The Kier molecular flexibility index (Phi) is 7.46. The molecule has 0 unspecified atom stereocenters. The summed E-state index contributed by atoms with van der Waals surface area (Å²) in [5, 5.41) is 0.612. The largest absolute Gasteiger partial charge is 0.493 e. The maximum absolute atomic E-state index is 13.1. The summed E-state index contributed by atoms with van der Waals surface area (Å²) in [7, 11) is 1.59. The van der Waals surface area contributed by atoms with Crippen molar-refractivity contribution >= 4 is 29.3 Å². The molecule has 0 radical (unpaired) electrons. The smallest absolute Gasteiger partial charge is 0.251 e. The lowest BCUT2D eigenvalue weighted by Crippen LogP contribution is -2.29. The molecule has 0 fully saturated rings. The van der Waals surface area contributed by atoms with Gasteiger partial charge >= 0.3 is 0 Å². The first kappa shape index (κ1) is 21.4. The van der Waals surface area contributed by atoms with Gasteiger partial charge in [-0.25, -0.2) is 0 Å². The lowest BCUT2D eigenvalue weighted by atomic mass is 10.1. The number of anilines is 1. The Bertz CT molecular complexity index is 1000. The Morgan fingerprint density at radius 3 is 2.57 bits per heavy atom. The third-order valence-corrected chi connectivity index (χ3v) is 4.61. The van der Waals surface area contributed by atoms with E-state index in [0.29, 0.717) is 29.7 Å². The maximum atomic E-state index is 13.1. The van der Waals surface area contributed by atoms with Gasteiger partial charge in [0.25, 0.3) is 5.91 Å². The van der Waals surface area contributed by atoms with Gasteiger partial charge in [-0.15, -0.1) is 0 Å². The van der Waals surface area contributed by atoms with E-state index >= 15 is 0 Å². The number of halogens is 1. The number of ether oxygens (including phenoxy) is 2. The molecule has 3 aromatic rings. The topological polar surface area (TPSA) is 51.7 Å². The standard InChI is InChI=1S/C24H23ClN2O3/c1-3-30-22-13-7-18(16-23(22)29-2)8-14-24(28)27(17-20-6-4-5-15-26-20)21-11-9-19(25)10-12-21/h4-16H,3,17H2,1-2H3/b14-8+. The van der Waals surface area contributed by atoms with Gasteiger partial charge in [0.1, 0.15) is 0 Å². The fourth-order valence-electron chi connectivity index (χ4n) is 2.89. The predicted octanol–water partition coefficient (Wildman–Crippen LogP) is 5.39. The molecule has 0 N–H and O–H groups in total. The number of methoxy groups -OCH3 is 1. The first-order valence-corrected chi connectivity index (χ1v) is 9.94. The average molecular weight is 423 g/mol. The molecule has 1 heterocycles. The number of hydrogen-bond donors (Lipinski definition) is 0. The van der Waals surface area contributed by atoms with Gasteiger partial charge in [-0.3, -0.25) is 9.78 Å². The van der Waals surface area contributed by atoms with Crippen LogP contribution >= 0.6 is 11.6 Å². The van der Waals surface area contributed by atoms with Crippen LogP contribution in [0, 0.1) is 0 Å². The fourth-order valence-corrected chi connectivity index (χ4v) is 3.02. The van der Waals surface area contributed by atoms with Crippen LogP contribution in [0.5, 0.6) is 11.5 Å². The van der Waals surface area contributed by atoms with Crippen LogP contribution in [0.1, 0.15) is 18.2 Å². The molecular formula is C24H23ClN2O3. The minimum absolute atomic E-state index is 0.171. The third-order valence-electron chi connectivity index (χ3n) is 4.36. The molecule has 0 aliphatic carbocycles. The van der Waals surface area contributed by atoms with E-state index in [-0.39, 0.29) is 5.91 Å². The predicted molar refractivity (Wildman–Crippen MR) is 120 cm³/mol. The van der Waals surface area contributed by atoms with Crippen LogP contribution < -0.4 is 14.4 Å². The number of rotatable bonds is 8. The van der Waals surface area contributed by atoms with Crippen molar-refractivity contribution in [3.63, 3.8) is 0 Å². The number of pyridine rings is 1. The number of carbonyl (C=O) groups excluding carboxylic acids is 1. The molecular weight excluding hydrogens is 400 g/mol. The molecule has 154 valence electrons. The van der Waals surface area contributed by atoms with Crippen molar-refractivity contribution in [1.29, 1.82) is 0 Å². The van der Waals surface area contributed by atoms with Gasteiger partial charge in [0, 0.05) is 23.0 Å². The van der Waals surface area contributed by atoms with Crippen molar-refractivity contribution in [2.75, 3.05) is 18.6 Å². The van der Waals surface area contributed by atoms with E-state index in [4.69, 9.17) is 21.1 Å². The molecule has 30 heavy (non-hydrogen) atoms. The Balaban J connectivity index is 1.84. The van der Waals surface area contributed by atoms with Gasteiger partial charge < -0.3 is 14.4 Å². The van der Waals surface area contributed by atoms with E-state index in [1.807, 2.05) is 55.5 Å². The number of nitrogens with zero attached hydrogens (tertiary/aromatic N) is 2. The van der Waals surface area contributed by atoms with E-state index in [9.17, 15) is 4.79 Å². The maximum Gasteiger partial charge on any atom is 0.251 e. The highest BCUT2D eigenvalue weighted by Crippen LogP contribution is 2.28. The van der Waals surface area contributed by atoms with Crippen LogP contribution in [0.2, 0.25) is 5.02 Å². The van der Waals surface area contributed by atoms with Crippen LogP contribution in [0.3, 0.4) is 0 Å². The molecule has 1 aromatic heterocycles. The minimum Gasteiger partial charge on any atom is -0.493 e. The van der Waals surface area contributed by atoms with Gasteiger partial charge in [0.05, 0.1) is 26.0 Å². The Morgan fingerprint density at radius 2 is 1.90 bits per heavy atom. The van der Waals surface area contributed by atoms with Gasteiger partial charge in [-0.1, -0.05) is 23.7 Å². The highest BCUT2D eigenvalue weighted by Gasteiger charge is 2.15. The fraction of sp³-hybridized carbons (Fsp3) is 0.167. The molecule has 2 aromatic carbocycles. The van der Waals surface area contributed by atoms with Crippen molar-refractivity contribution in [3.05, 3.63) is 89.2 Å². The third kappa shape index (κ3) is 5.61. The summed E-state index contributed by atoms with van der Waals surface area (Å²) < 4.78 is 10.9. The van der Waals surface area contributed by atoms with Crippen LogP contribution in [-0.2, 0) is 11.3 Å². The zero-order valence-corrected chi connectivity index (χ0v) is 17.7. The second kappa shape index (κ2) is 10.5. The number of carbonyl (C=O) groups is 1. The molecule has 0 bridgehead atoms. The van der Waals surface area contributed by atoms with E-state index in [1.54, 1.807) is 36.4 Å². The average Bonchev–Trinajstić information content (AvgIpc) is 2.78. The molecule has 0 spiro atoms. The van der Waals surface area contributed by atoms with Crippen LogP contribution in [0.15, 0.2) is 72.9 Å². The zero-order chi connectivity index (χ0) is 21.3. The van der Waals surface area contributed by atoms with Gasteiger partial charge in [0.2, 0.25) is 0 Å². The van der Waals surface area contributed by atoms with E-state index in [2.05, 4.69) is 4.98 Å². The summed E-state index contributed by atoms with van der Waals surface area (Å²) in [5.41, 5.74) is 2.36. The van der Waals surface area contributed by atoms with E-state index in [0.717, 1.165) is 16.9 Å². The van der Waals surface area contributed by atoms with Crippen molar-refractivity contribution in [2.24, 2.45) is 0 Å². The van der Waals surface area contributed by atoms with Crippen LogP contribution in [-0.4, -0.2) is 24.6 Å². The number of benzene rings is 2. The lowest BCUT2D eigenvalue weighted by molar-refractivity contribution is -0.114. The number of amides is 1. The van der Waals surface area contributed by atoms with Gasteiger partial charge in [-0.05, 0) is 67.1 Å². The van der Waals surface area contributed by atoms with Crippen LogP contribution in [0.4, 0.5) is 5.69 Å². The molecule has 6 heteroatoms. The van der Waals surface area contributed by atoms with E-state index < -0.39 is 0 Å². The summed E-state index contributed by atoms with van der Waals surface area (Å²) in [5.74, 6) is 1.12. The van der Waals surface area contributed by atoms with Crippen LogP contribution in [0.25, 0.3) is 6.08 Å². The normalized spacial score (nSPS) is 10.8. The molecule has 0 aliphatic heterocycles. The summed E-state index contributed by atoms with van der Waals surface area (Å²) in [6, 6.07) is 18.3. The Hall–Kier alpha value is -3.31.